The van der Waals surface area contributed by atoms with E-state index in [4.69, 9.17) is 0 Å². The molecule has 1 aliphatic rings. The zero-order valence-electron chi connectivity index (χ0n) is 14.5. The van der Waals surface area contributed by atoms with E-state index >= 15 is 0 Å². The maximum absolute atomic E-state index is 4.68. The van der Waals surface area contributed by atoms with Crippen molar-refractivity contribution in [2.75, 3.05) is 10.2 Å². The largest absolute Gasteiger partial charge is 0.365 e. The lowest BCUT2D eigenvalue weighted by Crippen LogP contribution is -2.26. The number of aryl methyl sites for hydroxylation is 1. The molecule has 5 heteroatoms. The summed E-state index contributed by atoms with van der Waals surface area (Å²) in [7, 11) is 0. The van der Waals surface area contributed by atoms with E-state index in [2.05, 4.69) is 87.8 Å². The summed E-state index contributed by atoms with van der Waals surface area (Å²) in [6.07, 6.45) is 2.67. The molecule has 1 aliphatic heterocycles. The minimum absolute atomic E-state index is 0.326. The number of anilines is 3. The van der Waals surface area contributed by atoms with E-state index in [1.165, 1.54) is 22.4 Å². The van der Waals surface area contributed by atoms with Crippen LogP contribution in [0, 0.1) is 6.92 Å². The minimum Gasteiger partial charge on any atom is -0.365 e. The van der Waals surface area contributed by atoms with Crippen molar-refractivity contribution in [1.29, 1.82) is 0 Å². The highest BCUT2D eigenvalue weighted by Crippen LogP contribution is 2.36. The lowest BCUT2D eigenvalue weighted by molar-refractivity contribution is 0.729. The Kier molecular flexibility index (Phi) is 4.06. The molecule has 126 valence electrons. The average molecular weight is 331 g/mol. The molecular formula is C20H21N5. The number of rotatable bonds is 4. The highest BCUT2D eigenvalue weighted by atomic mass is 15.4. The molecule has 1 unspecified atom stereocenters. The molecule has 1 aromatic heterocycles. The molecule has 5 nitrogen and oxygen atoms in total. The van der Waals surface area contributed by atoms with Gasteiger partial charge in [-0.15, -0.1) is 5.10 Å². The first-order valence-corrected chi connectivity index (χ1v) is 8.57. The number of fused-ring (bicyclic) bond motifs is 1. The molecule has 3 aromatic rings. The molecule has 0 radical (unpaired) electrons. The van der Waals surface area contributed by atoms with Crippen LogP contribution in [-0.2, 0) is 13.0 Å². The fourth-order valence-corrected chi connectivity index (χ4v) is 3.25. The average Bonchev–Trinajstić information content (AvgIpc) is 2.97. The zero-order valence-corrected chi connectivity index (χ0v) is 14.5. The number of para-hydroxylation sites is 1. The van der Waals surface area contributed by atoms with Gasteiger partial charge >= 0.3 is 0 Å². The van der Waals surface area contributed by atoms with Crippen LogP contribution in [0.5, 0.6) is 0 Å². The van der Waals surface area contributed by atoms with Gasteiger partial charge < -0.3 is 10.2 Å². The maximum atomic E-state index is 4.68. The molecule has 4 rings (SSSR count). The molecule has 0 amide bonds. The summed E-state index contributed by atoms with van der Waals surface area (Å²) in [6, 6.07) is 17.2. The van der Waals surface area contributed by atoms with Crippen molar-refractivity contribution in [3.8, 4) is 0 Å². The molecule has 2 aromatic carbocycles. The van der Waals surface area contributed by atoms with E-state index in [0.717, 1.165) is 12.2 Å². The summed E-state index contributed by atoms with van der Waals surface area (Å²) >= 11 is 0. The second kappa shape index (κ2) is 6.51. The Morgan fingerprint density at radius 3 is 2.76 bits per heavy atom. The highest BCUT2D eigenvalue weighted by Gasteiger charge is 2.29. The lowest BCUT2D eigenvalue weighted by atomic mass is 10.1. The first kappa shape index (κ1) is 15.6. The van der Waals surface area contributed by atoms with Crippen LogP contribution < -0.4 is 10.2 Å². The third kappa shape index (κ3) is 3.18. The molecule has 2 heterocycles. The Balaban J connectivity index is 1.54. The Morgan fingerprint density at radius 2 is 1.92 bits per heavy atom. The van der Waals surface area contributed by atoms with E-state index in [1.54, 1.807) is 6.20 Å². The van der Waals surface area contributed by atoms with Crippen molar-refractivity contribution in [3.63, 3.8) is 0 Å². The fraction of sp³-hybridized carbons (Fsp3) is 0.250. The van der Waals surface area contributed by atoms with Gasteiger partial charge in [0.2, 0.25) is 0 Å². The minimum atomic E-state index is 0.326. The molecule has 0 fully saturated rings. The standard InChI is InChI=1S/C20H21N5/c1-14-7-9-16(10-8-14)12-21-19-13-22-24-20(23-19)25-15(2)11-17-5-3-4-6-18(17)25/h3-10,13,15H,11-12H2,1-2H3,(H,21,23,24). The molecule has 0 saturated heterocycles. The summed E-state index contributed by atoms with van der Waals surface area (Å²) < 4.78 is 0. The van der Waals surface area contributed by atoms with Gasteiger partial charge in [0, 0.05) is 18.3 Å². The molecule has 0 spiro atoms. The normalized spacial score (nSPS) is 15.9. The first-order valence-electron chi connectivity index (χ1n) is 8.57. The third-order valence-electron chi connectivity index (χ3n) is 4.56. The van der Waals surface area contributed by atoms with Crippen LogP contribution in [0.2, 0.25) is 0 Å². The fourth-order valence-electron chi connectivity index (χ4n) is 3.25. The first-order chi connectivity index (χ1) is 12.2. The smallest absolute Gasteiger partial charge is 0.252 e. The summed E-state index contributed by atoms with van der Waals surface area (Å²) in [4.78, 5) is 6.84. The monoisotopic (exact) mass is 331 g/mol. The van der Waals surface area contributed by atoms with Crippen LogP contribution in [-0.4, -0.2) is 21.2 Å². The van der Waals surface area contributed by atoms with Gasteiger partial charge in [-0.05, 0) is 37.5 Å². The van der Waals surface area contributed by atoms with Gasteiger partial charge in [-0.25, -0.2) is 0 Å². The van der Waals surface area contributed by atoms with Crippen molar-refractivity contribution in [3.05, 3.63) is 71.4 Å². The van der Waals surface area contributed by atoms with Crippen molar-refractivity contribution in [2.24, 2.45) is 0 Å². The SMILES string of the molecule is Cc1ccc(CNc2cnnc(N3c4ccccc4CC3C)n2)cc1. The molecule has 0 saturated carbocycles. The molecule has 1 atom stereocenters. The number of hydrogen-bond acceptors (Lipinski definition) is 5. The molecular weight excluding hydrogens is 310 g/mol. The van der Waals surface area contributed by atoms with Crippen molar-refractivity contribution in [2.45, 2.75) is 32.9 Å². The summed E-state index contributed by atoms with van der Waals surface area (Å²) in [5.41, 5.74) is 4.98. The van der Waals surface area contributed by atoms with Crippen LogP contribution >= 0.6 is 0 Å². The highest BCUT2D eigenvalue weighted by molar-refractivity contribution is 5.67. The van der Waals surface area contributed by atoms with Crippen molar-refractivity contribution in [1.82, 2.24) is 15.2 Å². The summed E-state index contributed by atoms with van der Waals surface area (Å²) in [6.45, 7) is 4.99. The predicted octanol–water partition coefficient (Wildman–Crippen LogP) is 3.87. The summed E-state index contributed by atoms with van der Waals surface area (Å²) in [5, 5.41) is 11.8. The van der Waals surface area contributed by atoms with Crippen molar-refractivity contribution < 1.29 is 0 Å². The van der Waals surface area contributed by atoms with E-state index in [-0.39, 0.29) is 0 Å². The van der Waals surface area contributed by atoms with Gasteiger partial charge in [0.1, 0.15) is 0 Å². The van der Waals surface area contributed by atoms with Gasteiger partial charge in [-0.1, -0.05) is 48.0 Å². The van der Waals surface area contributed by atoms with Gasteiger partial charge in [-0.3, -0.25) is 0 Å². The number of nitrogens with zero attached hydrogens (tertiary/aromatic N) is 4. The van der Waals surface area contributed by atoms with E-state index in [1.807, 2.05) is 0 Å². The second-order valence-electron chi connectivity index (χ2n) is 6.53. The third-order valence-corrected chi connectivity index (χ3v) is 4.56. The Bertz CT molecular complexity index is 875. The second-order valence-corrected chi connectivity index (χ2v) is 6.53. The maximum Gasteiger partial charge on any atom is 0.252 e. The van der Waals surface area contributed by atoms with Gasteiger partial charge in [0.15, 0.2) is 5.82 Å². The number of nitrogens with one attached hydrogen (secondary N) is 1. The van der Waals surface area contributed by atoms with Gasteiger partial charge in [0.25, 0.3) is 5.95 Å². The topological polar surface area (TPSA) is 53.9 Å². The summed E-state index contributed by atoms with van der Waals surface area (Å²) in [5.74, 6) is 1.38. The molecule has 25 heavy (non-hydrogen) atoms. The van der Waals surface area contributed by atoms with Gasteiger partial charge in [-0.2, -0.15) is 10.1 Å². The molecule has 0 bridgehead atoms. The van der Waals surface area contributed by atoms with E-state index in [9.17, 15) is 0 Å². The Labute approximate surface area is 147 Å². The van der Waals surface area contributed by atoms with Crippen LogP contribution in [0.4, 0.5) is 17.5 Å². The van der Waals surface area contributed by atoms with E-state index in [0.29, 0.717) is 18.5 Å². The van der Waals surface area contributed by atoms with Crippen LogP contribution in [0.3, 0.4) is 0 Å². The Hall–Kier alpha value is -2.95. The predicted molar refractivity (Wildman–Crippen MR) is 100 cm³/mol. The lowest BCUT2D eigenvalue weighted by Gasteiger charge is -2.22. The quantitative estimate of drug-likeness (QED) is 0.786. The van der Waals surface area contributed by atoms with Gasteiger partial charge in [0.05, 0.1) is 6.20 Å². The number of hydrogen-bond donors (Lipinski definition) is 1. The number of aromatic nitrogens is 3. The molecule has 0 aliphatic carbocycles. The Morgan fingerprint density at radius 1 is 1.12 bits per heavy atom. The van der Waals surface area contributed by atoms with Crippen LogP contribution in [0.25, 0.3) is 0 Å². The number of benzene rings is 2. The van der Waals surface area contributed by atoms with E-state index < -0.39 is 0 Å². The zero-order chi connectivity index (χ0) is 17.2. The van der Waals surface area contributed by atoms with Crippen molar-refractivity contribution >= 4 is 17.5 Å². The van der Waals surface area contributed by atoms with Crippen LogP contribution in [0.1, 0.15) is 23.6 Å². The molecule has 1 N–H and O–H groups in total. The van der Waals surface area contributed by atoms with Crippen LogP contribution in [0.15, 0.2) is 54.7 Å².